The molecule has 2 aliphatic rings. The fourth-order valence-corrected chi connectivity index (χ4v) is 3.07. The highest BCUT2D eigenvalue weighted by Gasteiger charge is 2.27. The number of rotatable bonds is 4. The molecule has 1 aromatic carbocycles. The van der Waals surface area contributed by atoms with Crippen molar-refractivity contribution in [2.45, 2.75) is 18.6 Å². The monoisotopic (exact) mass is 348 g/mol. The summed E-state index contributed by atoms with van der Waals surface area (Å²) in [6.45, 7) is 3.43. The predicted octanol–water partition coefficient (Wildman–Crippen LogP) is 0.693. The molecule has 0 saturated carbocycles. The van der Waals surface area contributed by atoms with E-state index in [0.29, 0.717) is 50.6 Å². The van der Waals surface area contributed by atoms with E-state index in [9.17, 15) is 9.59 Å². The zero-order chi connectivity index (χ0) is 17.6. The molecule has 3 rings (SSSR count). The van der Waals surface area contributed by atoms with Gasteiger partial charge in [-0.05, 0) is 30.7 Å². The maximum absolute atomic E-state index is 12.4. The fourth-order valence-electron chi connectivity index (χ4n) is 3.07. The molecule has 1 aromatic rings. The molecule has 7 nitrogen and oxygen atoms in total. The number of nitrogens with zero attached hydrogens (tertiary/aromatic N) is 1. The van der Waals surface area contributed by atoms with Gasteiger partial charge in [-0.15, -0.1) is 0 Å². The predicted molar refractivity (Wildman–Crippen MR) is 90.7 cm³/mol. The van der Waals surface area contributed by atoms with Gasteiger partial charge in [0.1, 0.15) is 6.10 Å². The van der Waals surface area contributed by atoms with Gasteiger partial charge in [0.2, 0.25) is 0 Å². The maximum atomic E-state index is 12.4. The molecule has 1 N–H and O–H groups in total. The molecule has 2 saturated heterocycles. The lowest BCUT2D eigenvalue weighted by atomic mass is 10.0. The summed E-state index contributed by atoms with van der Waals surface area (Å²) in [7, 11) is 1.62. The van der Waals surface area contributed by atoms with Crippen LogP contribution in [0.25, 0.3) is 0 Å². The quantitative estimate of drug-likeness (QED) is 0.866. The molecule has 0 radical (unpaired) electrons. The molecule has 0 unspecified atom stereocenters. The number of nitrogens with one attached hydrogen (secondary N) is 1. The van der Waals surface area contributed by atoms with Crippen molar-refractivity contribution in [1.29, 1.82) is 0 Å². The zero-order valence-corrected chi connectivity index (χ0v) is 14.4. The number of ether oxygens (including phenoxy) is 3. The molecular weight excluding hydrogens is 324 g/mol. The van der Waals surface area contributed by atoms with E-state index in [1.165, 1.54) is 0 Å². The van der Waals surface area contributed by atoms with E-state index in [2.05, 4.69) is 5.32 Å². The van der Waals surface area contributed by atoms with Crippen LogP contribution >= 0.6 is 0 Å². The van der Waals surface area contributed by atoms with Crippen molar-refractivity contribution >= 4 is 11.8 Å². The first-order chi connectivity index (χ1) is 12.2. The average Bonchev–Trinajstić information content (AvgIpc) is 2.68. The van der Waals surface area contributed by atoms with E-state index in [1.54, 1.807) is 36.3 Å². The Kier molecular flexibility index (Phi) is 6.01. The number of hydrogen-bond donors (Lipinski definition) is 1. The van der Waals surface area contributed by atoms with Gasteiger partial charge in [0.15, 0.2) is 0 Å². The second kappa shape index (κ2) is 8.42. The lowest BCUT2D eigenvalue weighted by Gasteiger charge is -2.31. The van der Waals surface area contributed by atoms with Crippen molar-refractivity contribution in [2.75, 3.05) is 46.6 Å². The molecule has 2 atom stereocenters. The zero-order valence-electron chi connectivity index (χ0n) is 14.4. The van der Waals surface area contributed by atoms with Crippen LogP contribution < -0.4 is 5.32 Å². The fraction of sp³-hybridized carbons (Fsp3) is 0.556. The van der Waals surface area contributed by atoms with Crippen molar-refractivity contribution in [1.82, 2.24) is 10.2 Å². The van der Waals surface area contributed by atoms with E-state index < -0.39 is 0 Å². The third-order valence-electron chi connectivity index (χ3n) is 4.62. The molecule has 2 heterocycles. The van der Waals surface area contributed by atoms with Crippen LogP contribution in [-0.2, 0) is 14.2 Å². The Labute approximate surface area is 147 Å². The lowest BCUT2D eigenvalue weighted by molar-refractivity contribution is -0.0479. The minimum atomic E-state index is -0.167. The smallest absolute Gasteiger partial charge is 0.254 e. The molecule has 0 aliphatic carbocycles. The molecule has 0 spiro atoms. The van der Waals surface area contributed by atoms with E-state index >= 15 is 0 Å². The van der Waals surface area contributed by atoms with Crippen molar-refractivity contribution in [3.63, 3.8) is 0 Å². The maximum Gasteiger partial charge on any atom is 0.254 e. The van der Waals surface area contributed by atoms with E-state index in [1.807, 2.05) is 0 Å². The Hall–Kier alpha value is -1.96. The second-order valence-electron chi connectivity index (χ2n) is 6.20. The number of carbonyl (C=O) groups is 2. The Bertz CT molecular complexity index is 598. The largest absolute Gasteiger partial charge is 0.379 e. The number of methoxy groups -OCH3 is 1. The minimum Gasteiger partial charge on any atom is -0.379 e. The first-order valence-electron chi connectivity index (χ1n) is 8.57. The van der Waals surface area contributed by atoms with E-state index in [4.69, 9.17) is 14.2 Å². The molecule has 136 valence electrons. The van der Waals surface area contributed by atoms with Gasteiger partial charge in [-0.3, -0.25) is 9.59 Å². The summed E-state index contributed by atoms with van der Waals surface area (Å²) in [5.74, 6) is -0.196. The Morgan fingerprint density at radius 1 is 1.08 bits per heavy atom. The Morgan fingerprint density at radius 3 is 2.44 bits per heavy atom. The average molecular weight is 348 g/mol. The molecule has 2 amide bonds. The van der Waals surface area contributed by atoms with E-state index in [-0.39, 0.29) is 24.0 Å². The van der Waals surface area contributed by atoms with Gasteiger partial charge in [-0.2, -0.15) is 0 Å². The molecule has 0 aromatic heterocycles. The van der Waals surface area contributed by atoms with Gasteiger partial charge in [0.05, 0.1) is 25.9 Å². The summed E-state index contributed by atoms with van der Waals surface area (Å²) in [6.07, 6.45) is 0.581. The third-order valence-corrected chi connectivity index (χ3v) is 4.62. The highest BCUT2D eigenvalue weighted by Crippen LogP contribution is 2.13. The Balaban J connectivity index is 1.61. The first kappa shape index (κ1) is 17.8. The van der Waals surface area contributed by atoms with Crippen LogP contribution in [0, 0.1) is 0 Å². The van der Waals surface area contributed by atoms with Crippen molar-refractivity contribution in [3.05, 3.63) is 35.4 Å². The van der Waals surface area contributed by atoms with Gasteiger partial charge in [-0.1, -0.05) is 0 Å². The molecule has 25 heavy (non-hydrogen) atoms. The lowest BCUT2D eigenvalue weighted by Crippen LogP contribution is -2.49. The minimum absolute atomic E-state index is 0.0286. The van der Waals surface area contributed by atoms with Gasteiger partial charge in [-0.25, -0.2) is 0 Å². The molecule has 2 fully saturated rings. The number of morpholine rings is 1. The van der Waals surface area contributed by atoms with Crippen LogP contribution in [0.4, 0.5) is 0 Å². The highest BCUT2D eigenvalue weighted by molar-refractivity contribution is 5.98. The van der Waals surface area contributed by atoms with Crippen LogP contribution in [0.1, 0.15) is 27.1 Å². The van der Waals surface area contributed by atoms with Gasteiger partial charge < -0.3 is 24.4 Å². The summed E-state index contributed by atoms with van der Waals surface area (Å²) in [5.41, 5.74) is 1.11. The van der Waals surface area contributed by atoms with Crippen LogP contribution in [0.5, 0.6) is 0 Å². The first-order valence-corrected chi connectivity index (χ1v) is 8.57. The van der Waals surface area contributed by atoms with Crippen LogP contribution in [0.15, 0.2) is 24.3 Å². The Morgan fingerprint density at radius 2 is 1.76 bits per heavy atom. The summed E-state index contributed by atoms with van der Waals surface area (Å²) >= 11 is 0. The van der Waals surface area contributed by atoms with Gasteiger partial charge >= 0.3 is 0 Å². The topological polar surface area (TPSA) is 77.1 Å². The summed E-state index contributed by atoms with van der Waals surface area (Å²) in [6, 6.07) is 6.70. The molecular formula is C18H24N2O5. The van der Waals surface area contributed by atoms with Gasteiger partial charge in [0, 0.05) is 37.9 Å². The number of hydrogen-bond acceptors (Lipinski definition) is 5. The summed E-state index contributed by atoms with van der Waals surface area (Å²) < 4.78 is 16.0. The SMILES string of the molecule is CO[C@@H]1COCC[C@H]1NC(=O)c1ccc(C(=O)N2CCOCC2)cc1. The molecule has 0 bridgehead atoms. The summed E-state index contributed by atoms with van der Waals surface area (Å²) in [4.78, 5) is 26.6. The van der Waals surface area contributed by atoms with Gasteiger partial charge in [0.25, 0.3) is 11.8 Å². The normalized spacial score (nSPS) is 24.0. The van der Waals surface area contributed by atoms with Crippen LogP contribution in [-0.4, -0.2) is 75.5 Å². The summed E-state index contributed by atoms with van der Waals surface area (Å²) in [5, 5.41) is 2.99. The molecule has 7 heteroatoms. The highest BCUT2D eigenvalue weighted by atomic mass is 16.5. The van der Waals surface area contributed by atoms with Crippen molar-refractivity contribution in [3.8, 4) is 0 Å². The molecule has 2 aliphatic heterocycles. The second-order valence-corrected chi connectivity index (χ2v) is 6.20. The van der Waals surface area contributed by atoms with Crippen molar-refractivity contribution < 1.29 is 23.8 Å². The number of carbonyl (C=O) groups excluding carboxylic acids is 2. The van der Waals surface area contributed by atoms with Crippen LogP contribution in [0.3, 0.4) is 0 Å². The van der Waals surface area contributed by atoms with E-state index in [0.717, 1.165) is 6.42 Å². The van der Waals surface area contributed by atoms with Crippen LogP contribution in [0.2, 0.25) is 0 Å². The third kappa shape index (κ3) is 4.36. The number of benzene rings is 1. The standard InChI is InChI=1S/C18H24N2O5/c1-23-16-12-25-9-6-15(16)19-17(21)13-2-4-14(5-3-13)18(22)20-7-10-24-11-8-20/h2-5,15-16H,6-12H2,1H3,(H,19,21)/t15-,16-/m1/s1. The van der Waals surface area contributed by atoms with Crippen molar-refractivity contribution in [2.24, 2.45) is 0 Å². The number of amides is 2.